The van der Waals surface area contributed by atoms with Gasteiger partial charge in [-0.3, -0.25) is 9.59 Å². The highest BCUT2D eigenvalue weighted by Crippen LogP contribution is 2.36. The number of benzene rings is 2. The Morgan fingerprint density at radius 3 is 2.30 bits per heavy atom. The molecule has 2 aliphatic heterocycles. The molecule has 0 aromatic heterocycles. The lowest BCUT2D eigenvalue weighted by Gasteiger charge is -2.35. The molecule has 2 aromatic carbocycles. The number of rotatable bonds is 4. The molecule has 156 valence electrons. The van der Waals surface area contributed by atoms with Crippen molar-refractivity contribution < 1.29 is 19.1 Å². The zero-order valence-corrected chi connectivity index (χ0v) is 17.4. The van der Waals surface area contributed by atoms with E-state index in [0.717, 1.165) is 11.1 Å². The van der Waals surface area contributed by atoms with Crippen LogP contribution in [0.15, 0.2) is 48.0 Å². The summed E-state index contributed by atoms with van der Waals surface area (Å²) in [7, 11) is 0. The fraction of sp³-hybridized carbons (Fsp3) is 0.333. The van der Waals surface area contributed by atoms with Gasteiger partial charge in [-0.05, 0) is 38.1 Å². The van der Waals surface area contributed by atoms with E-state index in [1.807, 2.05) is 67.3 Å². The molecule has 0 N–H and O–H groups in total. The number of aryl methyl sites for hydroxylation is 1. The predicted molar refractivity (Wildman–Crippen MR) is 115 cm³/mol. The normalized spacial score (nSPS) is 15.7. The highest BCUT2D eigenvalue weighted by Gasteiger charge is 2.28. The maximum Gasteiger partial charge on any atom is 0.253 e. The second-order valence-corrected chi connectivity index (χ2v) is 7.52. The molecule has 0 bridgehead atoms. The van der Waals surface area contributed by atoms with Crippen LogP contribution in [0.3, 0.4) is 0 Å². The van der Waals surface area contributed by atoms with Crippen molar-refractivity contribution in [1.82, 2.24) is 9.80 Å². The Kier molecular flexibility index (Phi) is 5.74. The lowest BCUT2D eigenvalue weighted by atomic mass is 10.1. The molecule has 4 rings (SSSR count). The van der Waals surface area contributed by atoms with Gasteiger partial charge < -0.3 is 19.3 Å². The first-order valence-electron chi connectivity index (χ1n) is 10.3. The third kappa shape index (κ3) is 4.03. The van der Waals surface area contributed by atoms with Crippen molar-refractivity contribution in [3.05, 3.63) is 64.7 Å². The zero-order valence-electron chi connectivity index (χ0n) is 17.4. The number of amides is 2. The van der Waals surface area contributed by atoms with Crippen molar-refractivity contribution in [3.8, 4) is 11.5 Å². The van der Waals surface area contributed by atoms with E-state index in [9.17, 15) is 9.59 Å². The average Bonchev–Trinajstić information content (AvgIpc) is 2.79. The molecular formula is C24H26N2O4. The fourth-order valence-corrected chi connectivity index (χ4v) is 3.77. The maximum absolute atomic E-state index is 13.0. The first-order valence-corrected chi connectivity index (χ1v) is 10.3. The van der Waals surface area contributed by atoms with Gasteiger partial charge in [0.05, 0.1) is 12.2 Å². The molecule has 2 amide bonds. The van der Waals surface area contributed by atoms with Crippen LogP contribution >= 0.6 is 0 Å². The van der Waals surface area contributed by atoms with Crippen LogP contribution in [0.4, 0.5) is 0 Å². The Morgan fingerprint density at radius 1 is 0.967 bits per heavy atom. The van der Waals surface area contributed by atoms with Crippen LogP contribution in [-0.2, 0) is 4.79 Å². The Hall–Kier alpha value is -3.28. The highest BCUT2D eigenvalue weighted by molar-refractivity contribution is 5.99. The molecule has 30 heavy (non-hydrogen) atoms. The first-order chi connectivity index (χ1) is 14.6. The minimum atomic E-state index is -0.0371. The summed E-state index contributed by atoms with van der Waals surface area (Å²) >= 11 is 0. The Morgan fingerprint density at radius 2 is 1.63 bits per heavy atom. The van der Waals surface area contributed by atoms with E-state index in [1.165, 1.54) is 0 Å². The van der Waals surface area contributed by atoms with E-state index in [4.69, 9.17) is 9.47 Å². The molecule has 6 nitrogen and oxygen atoms in total. The number of carbonyl (C=O) groups is 2. The summed E-state index contributed by atoms with van der Waals surface area (Å²) in [5.41, 5.74) is 3.28. The Labute approximate surface area is 176 Å². The number of nitrogens with zero attached hydrogens (tertiary/aromatic N) is 2. The van der Waals surface area contributed by atoms with E-state index in [0.29, 0.717) is 55.4 Å². The molecule has 0 saturated carbocycles. The van der Waals surface area contributed by atoms with E-state index in [2.05, 4.69) is 0 Å². The van der Waals surface area contributed by atoms with Crippen molar-refractivity contribution in [3.63, 3.8) is 0 Å². The van der Waals surface area contributed by atoms with Crippen molar-refractivity contribution in [2.45, 2.75) is 13.8 Å². The number of piperazine rings is 1. The van der Waals surface area contributed by atoms with Gasteiger partial charge in [-0.25, -0.2) is 0 Å². The van der Waals surface area contributed by atoms with Crippen LogP contribution in [0.5, 0.6) is 11.5 Å². The van der Waals surface area contributed by atoms with Gasteiger partial charge in [-0.1, -0.05) is 29.8 Å². The zero-order chi connectivity index (χ0) is 21.1. The van der Waals surface area contributed by atoms with Gasteiger partial charge in [0, 0.05) is 37.3 Å². The molecule has 6 heteroatoms. The number of hydrogen-bond donors (Lipinski definition) is 0. The Bertz CT molecular complexity index is 973. The molecule has 1 saturated heterocycles. The SMILES string of the molecule is CCOc1cccc2c1OCC(C(=O)N1CCN(C(=O)c3ccc(C)cc3)CC1)=C2. The van der Waals surface area contributed by atoms with Gasteiger partial charge in [0.1, 0.15) is 6.61 Å². The standard InChI is InChI=1S/C24H26N2O4/c1-3-29-21-6-4-5-19-15-20(16-30-22(19)21)24(28)26-13-11-25(12-14-26)23(27)18-9-7-17(2)8-10-18/h4-10,15H,3,11-14,16H2,1-2H3. The van der Waals surface area contributed by atoms with E-state index in [-0.39, 0.29) is 18.4 Å². The monoisotopic (exact) mass is 406 g/mol. The van der Waals surface area contributed by atoms with Gasteiger partial charge >= 0.3 is 0 Å². The lowest BCUT2D eigenvalue weighted by molar-refractivity contribution is -0.128. The minimum Gasteiger partial charge on any atom is -0.490 e. The summed E-state index contributed by atoms with van der Waals surface area (Å²) < 4.78 is 11.5. The van der Waals surface area contributed by atoms with Gasteiger partial charge in [0.2, 0.25) is 0 Å². The summed E-state index contributed by atoms with van der Waals surface area (Å²) in [4.78, 5) is 29.3. The van der Waals surface area contributed by atoms with Crippen LogP contribution < -0.4 is 9.47 Å². The van der Waals surface area contributed by atoms with Gasteiger partial charge in [0.25, 0.3) is 11.8 Å². The molecule has 0 aliphatic carbocycles. The number of hydrogen-bond acceptors (Lipinski definition) is 4. The minimum absolute atomic E-state index is 0.0136. The molecule has 0 unspecified atom stereocenters. The average molecular weight is 406 g/mol. The molecule has 1 fully saturated rings. The van der Waals surface area contributed by atoms with Crippen molar-refractivity contribution in [2.24, 2.45) is 0 Å². The number of fused-ring (bicyclic) bond motifs is 1. The Balaban J connectivity index is 1.40. The van der Waals surface area contributed by atoms with E-state index in [1.54, 1.807) is 4.90 Å². The maximum atomic E-state index is 13.0. The van der Waals surface area contributed by atoms with Crippen LogP contribution in [-0.4, -0.2) is 61.0 Å². The first kappa shape index (κ1) is 20.0. The topological polar surface area (TPSA) is 59.1 Å². The third-order valence-corrected chi connectivity index (χ3v) is 5.44. The summed E-state index contributed by atoms with van der Waals surface area (Å²) in [6.45, 7) is 6.78. The summed E-state index contributed by atoms with van der Waals surface area (Å²) in [5, 5.41) is 0. The lowest BCUT2D eigenvalue weighted by Crippen LogP contribution is -2.51. The molecule has 0 spiro atoms. The van der Waals surface area contributed by atoms with Crippen LogP contribution in [0.1, 0.15) is 28.4 Å². The van der Waals surface area contributed by atoms with Crippen molar-refractivity contribution in [1.29, 1.82) is 0 Å². The summed E-state index contributed by atoms with van der Waals surface area (Å²) in [5.74, 6) is 1.36. The number of ether oxygens (including phenoxy) is 2. The predicted octanol–water partition coefficient (Wildman–Crippen LogP) is 3.15. The molecule has 0 radical (unpaired) electrons. The second-order valence-electron chi connectivity index (χ2n) is 7.52. The van der Waals surface area contributed by atoms with Gasteiger partial charge in [-0.2, -0.15) is 0 Å². The molecular weight excluding hydrogens is 380 g/mol. The van der Waals surface area contributed by atoms with Crippen molar-refractivity contribution in [2.75, 3.05) is 39.4 Å². The van der Waals surface area contributed by atoms with E-state index < -0.39 is 0 Å². The molecule has 2 aliphatic rings. The second kappa shape index (κ2) is 8.61. The quantitative estimate of drug-likeness (QED) is 0.783. The highest BCUT2D eigenvalue weighted by atomic mass is 16.5. The summed E-state index contributed by atoms with van der Waals surface area (Å²) in [6, 6.07) is 13.3. The third-order valence-electron chi connectivity index (χ3n) is 5.44. The van der Waals surface area contributed by atoms with E-state index >= 15 is 0 Å². The van der Waals surface area contributed by atoms with Gasteiger partial charge in [-0.15, -0.1) is 0 Å². The molecule has 2 heterocycles. The largest absolute Gasteiger partial charge is 0.490 e. The number of para-hydroxylation sites is 1. The van der Waals surface area contributed by atoms with Crippen LogP contribution in [0.25, 0.3) is 6.08 Å². The smallest absolute Gasteiger partial charge is 0.253 e. The molecule has 2 aromatic rings. The molecule has 0 atom stereocenters. The fourth-order valence-electron chi connectivity index (χ4n) is 3.77. The number of carbonyl (C=O) groups excluding carboxylic acids is 2. The van der Waals surface area contributed by atoms with Crippen LogP contribution in [0, 0.1) is 6.92 Å². The van der Waals surface area contributed by atoms with Crippen LogP contribution in [0.2, 0.25) is 0 Å². The van der Waals surface area contributed by atoms with Gasteiger partial charge in [0.15, 0.2) is 11.5 Å². The van der Waals surface area contributed by atoms with Crippen molar-refractivity contribution >= 4 is 17.9 Å². The summed E-state index contributed by atoms with van der Waals surface area (Å²) in [6.07, 6.45) is 1.88.